The molecule has 1 atom stereocenters. The number of nitrogens with zero attached hydrogens (tertiary/aromatic N) is 2. The predicted molar refractivity (Wildman–Crippen MR) is 96.3 cm³/mol. The predicted octanol–water partition coefficient (Wildman–Crippen LogP) is 2.30. The Labute approximate surface area is 150 Å². The summed E-state index contributed by atoms with van der Waals surface area (Å²) in [4.78, 5) is 36.3. The first-order chi connectivity index (χ1) is 12.4. The molecule has 1 unspecified atom stereocenters. The molecule has 0 aromatic heterocycles. The van der Waals surface area contributed by atoms with Gasteiger partial charge in [-0.3, -0.25) is 19.7 Å². The molecular weight excluding hydrogens is 336 g/mol. The first-order valence-corrected chi connectivity index (χ1v) is 8.09. The third kappa shape index (κ3) is 3.80. The van der Waals surface area contributed by atoms with E-state index in [0.29, 0.717) is 17.9 Å². The van der Waals surface area contributed by atoms with E-state index in [-0.39, 0.29) is 29.6 Å². The van der Waals surface area contributed by atoms with E-state index in [1.165, 1.54) is 18.2 Å². The number of amides is 2. The molecule has 8 nitrogen and oxygen atoms in total. The Morgan fingerprint density at radius 1 is 1.23 bits per heavy atom. The van der Waals surface area contributed by atoms with Crippen molar-refractivity contribution in [1.82, 2.24) is 10.2 Å². The number of likely N-dealkylation sites (N-methyl/N-ethyl adjacent to an activating group) is 1. The number of hydrogen-bond acceptors (Lipinski definition) is 5. The Morgan fingerprint density at radius 3 is 2.58 bits per heavy atom. The minimum atomic E-state index is -0.533. The molecular formula is C18H18N4O4. The molecule has 1 aliphatic rings. The van der Waals surface area contributed by atoms with E-state index in [1.54, 1.807) is 24.1 Å². The highest BCUT2D eigenvalue weighted by Gasteiger charge is 2.28. The summed E-state index contributed by atoms with van der Waals surface area (Å²) in [7, 11) is 1.67. The van der Waals surface area contributed by atoms with E-state index in [2.05, 4.69) is 10.6 Å². The van der Waals surface area contributed by atoms with Crippen molar-refractivity contribution in [2.75, 3.05) is 18.9 Å². The molecule has 134 valence electrons. The normalized spacial score (nSPS) is 16.4. The van der Waals surface area contributed by atoms with Crippen molar-refractivity contribution < 1.29 is 14.5 Å². The van der Waals surface area contributed by atoms with Gasteiger partial charge in [0, 0.05) is 37.3 Å². The zero-order chi connectivity index (χ0) is 18.7. The number of carbonyl (C=O) groups excluding carboxylic acids is 2. The fourth-order valence-corrected chi connectivity index (χ4v) is 2.84. The quantitative estimate of drug-likeness (QED) is 0.633. The second-order valence-corrected chi connectivity index (χ2v) is 6.13. The molecule has 2 aromatic carbocycles. The Balaban J connectivity index is 1.78. The summed E-state index contributed by atoms with van der Waals surface area (Å²) in [5, 5.41) is 17.1. The molecule has 1 fully saturated rings. The maximum atomic E-state index is 12.4. The van der Waals surface area contributed by atoms with Gasteiger partial charge in [-0.15, -0.1) is 0 Å². The van der Waals surface area contributed by atoms with Crippen LogP contribution in [0, 0.1) is 10.1 Å². The van der Waals surface area contributed by atoms with Crippen LogP contribution in [0.4, 0.5) is 17.1 Å². The molecule has 2 aromatic rings. The van der Waals surface area contributed by atoms with E-state index in [1.807, 2.05) is 18.2 Å². The van der Waals surface area contributed by atoms with Crippen molar-refractivity contribution in [2.24, 2.45) is 0 Å². The third-order valence-electron chi connectivity index (χ3n) is 4.19. The molecule has 1 aliphatic heterocycles. The SMILES string of the molecule is CN1CC(NC(=O)c2ccc(Nc3ccccc3)c([N+](=O)[O-])c2)CC1=O. The van der Waals surface area contributed by atoms with Gasteiger partial charge in [0.15, 0.2) is 0 Å². The van der Waals surface area contributed by atoms with E-state index < -0.39 is 10.8 Å². The highest BCUT2D eigenvalue weighted by Crippen LogP contribution is 2.28. The summed E-state index contributed by atoms with van der Waals surface area (Å²) in [5.41, 5.74) is 0.993. The van der Waals surface area contributed by atoms with Crippen LogP contribution in [-0.2, 0) is 4.79 Å². The minimum Gasteiger partial charge on any atom is -0.350 e. The summed E-state index contributed by atoms with van der Waals surface area (Å²) < 4.78 is 0. The maximum absolute atomic E-state index is 12.4. The number of rotatable bonds is 5. The second-order valence-electron chi connectivity index (χ2n) is 6.13. The van der Waals surface area contributed by atoms with Gasteiger partial charge in [0.2, 0.25) is 5.91 Å². The number of anilines is 2. The van der Waals surface area contributed by atoms with Gasteiger partial charge in [-0.05, 0) is 24.3 Å². The van der Waals surface area contributed by atoms with Gasteiger partial charge >= 0.3 is 0 Å². The van der Waals surface area contributed by atoms with Gasteiger partial charge in [0.05, 0.1) is 11.0 Å². The zero-order valence-electron chi connectivity index (χ0n) is 14.1. The van der Waals surface area contributed by atoms with E-state index in [9.17, 15) is 19.7 Å². The zero-order valence-corrected chi connectivity index (χ0v) is 14.1. The number of benzene rings is 2. The second kappa shape index (κ2) is 7.22. The molecule has 2 N–H and O–H groups in total. The van der Waals surface area contributed by atoms with Crippen LogP contribution < -0.4 is 10.6 Å². The lowest BCUT2D eigenvalue weighted by molar-refractivity contribution is -0.383. The first-order valence-electron chi connectivity index (χ1n) is 8.09. The monoisotopic (exact) mass is 354 g/mol. The topological polar surface area (TPSA) is 105 Å². The number of carbonyl (C=O) groups is 2. The fraction of sp³-hybridized carbons (Fsp3) is 0.222. The van der Waals surface area contributed by atoms with E-state index in [0.717, 1.165) is 0 Å². The van der Waals surface area contributed by atoms with Crippen LogP contribution in [0.15, 0.2) is 48.5 Å². The van der Waals surface area contributed by atoms with Gasteiger partial charge in [-0.2, -0.15) is 0 Å². The fourth-order valence-electron chi connectivity index (χ4n) is 2.84. The largest absolute Gasteiger partial charge is 0.350 e. The lowest BCUT2D eigenvalue weighted by Gasteiger charge is -2.13. The van der Waals surface area contributed by atoms with Crippen LogP contribution in [0.1, 0.15) is 16.8 Å². The Bertz CT molecular complexity index is 854. The Morgan fingerprint density at radius 2 is 1.96 bits per heavy atom. The molecule has 2 amide bonds. The highest BCUT2D eigenvalue weighted by molar-refractivity contribution is 5.96. The first kappa shape index (κ1) is 17.4. The van der Waals surface area contributed by atoms with Crippen molar-refractivity contribution in [3.63, 3.8) is 0 Å². The lowest BCUT2D eigenvalue weighted by Crippen LogP contribution is -2.36. The molecule has 0 aliphatic carbocycles. The molecule has 0 radical (unpaired) electrons. The van der Waals surface area contributed by atoms with E-state index >= 15 is 0 Å². The summed E-state index contributed by atoms with van der Waals surface area (Å²) in [6.45, 7) is 0.431. The standard InChI is InChI=1S/C18H18N4O4/c1-21-11-14(10-17(21)23)20-18(24)12-7-8-15(16(9-12)22(25)26)19-13-5-3-2-4-6-13/h2-9,14,19H,10-11H2,1H3,(H,20,24). The number of nitrogens with one attached hydrogen (secondary N) is 2. The van der Waals surface area contributed by atoms with Gasteiger partial charge in [-0.1, -0.05) is 18.2 Å². The Kier molecular flexibility index (Phi) is 4.83. The smallest absolute Gasteiger partial charge is 0.293 e. The van der Waals surface area contributed by atoms with Gasteiger partial charge in [0.25, 0.3) is 11.6 Å². The van der Waals surface area contributed by atoms with Gasteiger partial charge in [-0.25, -0.2) is 0 Å². The summed E-state index contributed by atoms with van der Waals surface area (Å²) in [6.07, 6.45) is 0.234. The average Bonchev–Trinajstić information content (AvgIpc) is 2.93. The summed E-state index contributed by atoms with van der Waals surface area (Å²) >= 11 is 0. The minimum absolute atomic E-state index is 0.0383. The number of para-hydroxylation sites is 1. The van der Waals surface area contributed by atoms with Crippen LogP contribution in [0.3, 0.4) is 0 Å². The van der Waals surface area contributed by atoms with Crippen LogP contribution in [0.2, 0.25) is 0 Å². The summed E-state index contributed by atoms with van der Waals surface area (Å²) in [6, 6.07) is 13.0. The molecule has 8 heteroatoms. The van der Waals surface area contributed by atoms with E-state index in [4.69, 9.17) is 0 Å². The number of nitro benzene ring substituents is 1. The number of likely N-dealkylation sites (tertiary alicyclic amines) is 1. The molecule has 0 saturated carbocycles. The van der Waals surface area contributed by atoms with Crippen molar-refractivity contribution >= 4 is 28.9 Å². The molecule has 0 bridgehead atoms. The molecule has 1 saturated heterocycles. The molecule has 0 spiro atoms. The van der Waals surface area contributed by atoms with Crippen molar-refractivity contribution in [2.45, 2.75) is 12.5 Å². The van der Waals surface area contributed by atoms with Crippen LogP contribution in [0.5, 0.6) is 0 Å². The van der Waals surface area contributed by atoms with Crippen LogP contribution in [0.25, 0.3) is 0 Å². The van der Waals surface area contributed by atoms with Gasteiger partial charge in [0.1, 0.15) is 5.69 Å². The molecule has 26 heavy (non-hydrogen) atoms. The van der Waals surface area contributed by atoms with Crippen molar-refractivity contribution in [1.29, 1.82) is 0 Å². The lowest BCUT2D eigenvalue weighted by atomic mass is 10.1. The average molecular weight is 354 g/mol. The number of hydrogen-bond donors (Lipinski definition) is 2. The Hall–Kier alpha value is -3.42. The van der Waals surface area contributed by atoms with Crippen molar-refractivity contribution in [3.05, 3.63) is 64.2 Å². The van der Waals surface area contributed by atoms with Gasteiger partial charge < -0.3 is 15.5 Å². The van der Waals surface area contributed by atoms with Crippen molar-refractivity contribution in [3.8, 4) is 0 Å². The van der Waals surface area contributed by atoms with Crippen LogP contribution >= 0.6 is 0 Å². The molecule has 3 rings (SSSR count). The summed E-state index contributed by atoms with van der Waals surface area (Å²) in [5.74, 6) is -0.476. The maximum Gasteiger partial charge on any atom is 0.293 e. The van der Waals surface area contributed by atoms with Crippen LogP contribution in [-0.4, -0.2) is 41.3 Å². The third-order valence-corrected chi connectivity index (χ3v) is 4.19. The number of nitro groups is 1. The molecule has 1 heterocycles. The highest BCUT2D eigenvalue weighted by atomic mass is 16.6.